The van der Waals surface area contributed by atoms with Gasteiger partial charge in [-0.3, -0.25) is 4.79 Å². The SMILES string of the molecule is Cc1cc(C(=O)N2CCC(OCCBr)CC2)c(C)o1. The lowest BCUT2D eigenvalue weighted by Gasteiger charge is -2.31. The van der Waals surface area contributed by atoms with Crippen LogP contribution in [-0.2, 0) is 4.74 Å². The molecule has 1 fully saturated rings. The van der Waals surface area contributed by atoms with Gasteiger partial charge in [0.05, 0.1) is 18.3 Å². The molecule has 2 rings (SSSR count). The molecule has 1 aromatic rings. The van der Waals surface area contributed by atoms with Crippen molar-refractivity contribution in [2.45, 2.75) is 32.8 Å². The Labute approximate surface area is 122 Å². The van der Waals surface area contributed by atoms with Crippen molar-refractivity contribution in [2.24, 2.45) is 0 Å². The number of halogens is 1. The van der Waals surface area contributed by atoms with Crippen molar-refractivity contribution in [3.05, 3.63) is 23.2 Å². The fraction of sp³-hybridized carbons (Fsp3) is 0.643. The van der Waals surface area contributed by atoms with Crippen molar-refractivity contribution in [2.75, 3.05) is 25.0 Å². The Morgan fingerprint density at radius 1 is 1.47 bits per heavy atom. The number of carbonyl (C=O) groups is 1. The van der Waals surface area contributed by atoms with E-state index in [2.05, 4.69) is 15.9 Å². The number of piperidine rings is 1. The number of aryl methyl sites for hydroxylation is 2. The van der Waals surface area contributed by atoms with Gasteiger partial charge in [-0.15, -0.1) is 0 Å². The van der Waals surface area contributed by atoms with E-state index >= 15 is 0 Å². The molecule has 0 radical (unpaired) electrons. The Bertz CT molecular complexity index is 436. The van der Waals surface area contributed by atoms with Gasteiger partial charge in [-0.25, -0.2) is 0 Å². The highest BCUT2D eigenvalue weighted by Crippen LogP contribution is 2.20. The Morgan fingerprint density at radius 2 is 2.16 bits per heavy atom. The molecule has 0 aromatic carbocycles. The number of furan rings is 1. The number of nitrogens with zero attached hydrogens (tertiary/aromatic N) is 1. The van der Waals surface area contributed by atoms with E-state index in [9.17, 15) is 4.79 Å². The van der Waals surface area contributed by atoms with Crippen LogP contribution in [0.15, 0.2) is 10.5 Å². The van der Waals surface area contributed by atoms with E-state index in [1.165, 1.54) is 0 Å². The van der Waals surface area contributed by atoms with Gasteiger partial charge in [0.15, 0.2) is 0 Å². The van der Waals surface area contributed by atoms with Crippen LogP contribution in [0.5, 0.6) is 0 Å². The average molecular weight is 330 g/mol. The standard InChI is InChI=1S/C14H20BrNO3/c1-10-9-13(11(2)19-10)14(17)16-6-3-12(4-7-16)18-8-5-15/h9,12H,3-8H2,1-2H3. The molecule has 1 amide bonds. The summed E-state index contributed by atoms with van der Waals surface area (Å²) >= 11 is 3.35. The molecule has 106 valence electrons. The third-order valence-electron chi connectivity index (χ3n) is 3.43. The van der Waals surface area contributed by atoms with Crippen molar-refractivity contribution in [1.82, 2.24) is 4.90 Å². The number of ether oxygens (including phenoxy) is 1. The molecule has 0 bridgehead atoms. The summed E-state index contributed by atoms with van der Waals surface area (Å²) in [4.78, 5) is 14.3. The Hall–Kier alpha value is -0.810. The molecule has 0 aliphatic carbocycles. The highest BCUT2D eigenvalue weighted by Gasteiger charge is 2.25. The van der Waals surface area contributed by atoms with Crippen molar-refractivity contribution in [3.8, 4) is 0 Å². The Morgan fingerprint density at radius 3 is 2.68 bits per heavy atom. The highest BCUT2D eigenvalue weighted by atomic mass is 79.9. The average Bonchev–Trinajstić information content (AvgIpc) is 2.75. The van der Waals surface area contributed by atoms with E-state index in [4.69, 9.17) is 9.15 Å². The molecular formula is C14H20BrNO3. The quantitative estimate of drug-likeness (QED) is 0.797. The van der Waals surface area contributed by atoms with Gasteiger partial charge in [-0.2, -0.15) is 0 Å². The molecular weight excluding hydrogens is 310 g/mol. The van der Waals surface area contributed by atoms with Gasteiger partial charge in [0, 0.05) is 18.4 Å². The van der Waals surface area contributed by atoms with Crippen molar-refractivity contribution in [1.29, 1.82) is 0 Å². The Balaban J connectivity index is 1.91. The van der Waals surface area contributed by atoms with Crippen LogP contribution in [0.2, 0.25) is 0 Å². The number of carbonyl (C=O) groups excluding carboxylic acids is 1. The number of amides is 1. The van der Waals surface area contributed by atoms with Gasteiger partial charge in [-0.1, -0.05) is 15.9 Å². The maximum atomic E-state index is 12.4. The third kappa shape index (κ3) is 3.60. The lowest BCUT2D eigenvalue weighted by atomic mass is 10.1. The van der Waals surface area contributed by atoms with Crippen LogP contribution in [0.1, 0.15) is 34.7 Å². The molecule has 0 saturated carbocycles. The smallest absolute Gasteiger partial charge is 0.257 e. The maximum absolute atomic E-state index is 12.4. The second kappa shape index (κ2) is 6.57. The first-order chi connectivity index (χ1) is 9.11. The molecule has 1 saturated heterocycles. The number of alkyl halides is 1. The summed E-state index contributed by atoms with van der Waals surface area (Å²) in [7, 11) is 0. The fourth-order valence-electron chi connectivity index (χ4n) is 2.45. The molecule has 0 spiro atoms. The predicted octanol–water partition coefficient (Wildman–Crippen LogP) is 2.91. The van der Waals surface area contributed by atoms with Gasteiger partial charge < -0.3 is 14.1 Å². The minimum Gasteiger partial charge on any atom is -0.466 e. The van der Waals surface area contributed by atoms with Gasteiger partial charge in [-0.05, 0) is 32.8 Å². The van der Waals surface area contributed by atoms with Crippen LogP contribution < -0.4 is 0 Å². The summed E-state index contributed by atoms with van der Waals surface area (Å²) in [6.07, 6.45) is 2.11. The molecule has 1 aliphatic rings. The molecule has 5 heteroatoms. The van der Waals surface area contributed by atoms with Crippen LogP contribution in [0.4, 0.5) is 0 Å². The van der Waals surface area contributed by atoms with Crippen LogP contribution in [-0.4, -0.2) is 41.9 Å². The van der Waals surface area contributed by atoms with E-state index in [-0.39, 0.29) is 12.0 Å². The fourth-order valence-corrected chi connectivity index (χ4v) is 2.64. The summed E-state index contributed by atoms with van der Waals surface area (Å²) in [6.45, 7) is 5.96. The number of hydrogen-bond donors (Lipinski definition) is 0. The molecule has 4 nitrogen and oxygen atoms in total. The van der Waals surface area contributed by atoms with Gasteiger partial charge >= 0.3 is 0 Å². The lowest BCUT2D eigenvalue weighted by Crippen LogP contribution is -2.41. The summed E-state index contributed by atoms with van der Waals surface area (Å²) in [5.41, 5.74) is 0.692. The van der Waals surface area contributed by atoms with Crippen molar-refractivity contribution in [3.63, 3.8) is 0 Å². The van der Waals surface area contributed by atoms with E-state index in [0.29, 0.717) is 11.3 Å². The second-order valence-electron chi connectivity index (χ2n) is 4.88. The van der Waals surface area contributed by atoms with E-state index in [0.717, 1.165) is 43.6 Å². The normalized spacial score (nSPS) is 16.9. The largest absolute Gasteiger partial charge is 0.466 e. The molecule has 2 heterocycles. The number of hydrogen-bond acceptors (Lipinski definition) is 3. The zero-order valence-electron chi connectivity index (χ0n) is 11.4. The number of rotatable bonds is 4. The highest BCUT2D eigenvalue weighted by molar-refractivity contribution is 9.09. The van der Waals surface area contributed by atoms with Gasteiger partial charge in [0.2, 0.25) is 0 Å². The summed E-state index contributed by atoms with van der Waals surface area (Å²) in [6, 6.07) is 1.82. The molecule has 1 aromatic heterocycles. The van der Waals surface area contributed by atoms with Crippen LogP contribution in [0.3, 0.4) is 0 Å². The monoisotopic (exact) mass is 329 g/mol. The topological polar surface area (TPSA) is 42.7 Å². The van der Waals surface area contributed by atoms with Crippen molar-refractivity contribution < 1.29 is 13.9 Å². The van der Waals surface area contributed by atoms with Crippen LogP contribution in [0, 0.1) is 13.8 Å². The molecule has 0 N–H and O–H groups in total. The van der Waals surface area contributed by atoms with Gasteiger partial charge in [0.25, 0.3) is 5.91 Å². The molecule has 0 unspecified atom stereocenters. The lowest BCUT2D eigenvalue weighted by molar-refractivity contribution is 0.0159. The van der Waals surface area contributed by atoms with Crippen LogP contribution >= 0.6 is 15.9 Å². The van der Waals surface area contributed by atoms with E-state index in [1.54, 1.807) is 0 Å². The predicted molar refractivity (Wildman–Crippen MR) is 76.9 cm³/mol. The number of likely N-dealkylation sites (tertiary alicyclic amines) is 1. The van der Waals surface area contributed by atoms with E-state index in [1.807, 2.05) is 24.8 Å². The first-order valence-electron chi connectivity index (χ1n) is 6.65. The zero-order valence-corrected chi connectivity index (χ0v) is 13.0. The summed E-state index contributed by atoms with van der Waals surface area (Å²) in [5, 5.41) is 0.861. The first-order valence-corrected chi connectivity index (χ1v) is 7.78. The van der Waals surface area contributed by atoms with Crippen molar-refractivity contribution >= 4 is 21.8 Å². The molecule has 1 aliphatic heterocycles. The molecule has 19 heavy (non-hydrogen) atoms. The third-order valence-corrected chi connectivity index (χ3v) is 3.76. The minimum absolute atomic E-state index is 0.0771. The minimum atomic E-state index is 0.0771. The zero-order chi connectivity index (χ0) is 13.8. The Kier molecular flexibility index (Phi) is 5.05. The van der Waals surface area contributed by atoms with E-state index < -0.39 is 0 Å². The van der Waals surface area contributed by atoms with Gasteiger partial charge in [0.1, 0.15) is 11.5 Å². The second-order valence-corrected chi connectivity index (χ2v) is 5.67. The molecule has 0 atom stereocenters. The summed E-state index contributed by atoms with van der Waals surface area (Å²) < 4.78 is 11.1. The first kappa shape index (κ1) is 14.6. The summed E-state index contributed by atoms with van der Waals surface area (Å²) in [5.74, 6) is 1.57. The maximum Gasteiger partial charge on any atom is 0.257 e. The van der Waals surface area contributed by atoms with Crippen LogP contribution in [0.25, 0.3) is 0 Å².